The van der Waals surface area contributed by atoms with E-state index in [1.165, 1.54) is 50.4 Å². The number of anilines is 1. The van der Waals surface area contributed by atoms with E-state index in [9.17, 15) is 23.3 Å². The van der Waals surface area contributed by atoms with Crippen LogP contribution in [0.2, 0.25) is 0 Å². The number of hydrogen-bond acceptors (Lipinski definition) is 6. The number of ether oxygens (including phenoxy) is 1. The van der Waals surface area contributed by atoms with Crippen molar-refractivity contribution in [3.8, 4) is 5.75 Å². The zero-order valence-corrected chi connectivity index (χ0v) is 16.7. The van der Waals surface area contributed by atoms with Crippen LogP contribution in [0.3, 0.4) is 0 Å². The van der Waals surface area contributed by atoms with E-state index in [1.54, 1.807) is 13.8 Å². The second kappa shape index (κ2) is 8.36. The molecule has 0 saturated heterocycles. The van der Waals surface area contributed by atoms with Crippen LogP contribution in [0, 0.1) is 17.0 Å². The van der Waals surface area contributed by atoms with Crippen LogP contribution in [0.5, 0.6) is 5.75 Å². The van der Waals surface area contributed by atoms with E-state index in [4.69, 9.17) is 4.74 Å². The summed E-state index contributed by atoms with van der Waals surface area (Å²) in [6.07, 6.45) is 0. The molecule has 0 atom stereocenters. The second-order valence-corrected chi connectivity index (χ2v) is 7.98. The van der Waals surface area contributed by atoms with Gasteiger partial charge in [0.25, 0.3) is 11.6 Å². The minimum Gasteiger partial charge on any atom is -0.495 e. The highest BCUT2D eigenvalue weighted by Crippen LogP contribution is 2.28. The van der Waals surface area contributed by atoms with Crippen LogP contribution in [0.15, 0.2) is 41.3 Å². The van der Waals surface area contributed by atoms with Gasteiger partial charge in [-0.1, -0.05) is 6.07 Å². The van der Waals surface area contributed by atoms with Gasteiger partial charge < -0.3 is 10.1 Å². The first-order chi connectivity index (χ1) is 13.1. The van der Waals surface area contributed by atoms with Crippen molar-refractivity contribution >= 4 is 27.3 Å². The van der Waals surface area contributed by atoms with Crippen molar-refractivity contribution in [3.63, 3.8) is 0 Å². The third-order valence-electron chi connectivity index (χ3n) is 3.86. The van der Waals surface area contributed by atoms with Gasteiger partial charge in [-0.3, -0.25) is 14.9 Å². The van der Waals surface area contributed by atoms with Crippen molar-refractivity contribution in [2.45, 2.75) is 31.7 Å². The largest absolute Gasteiger partial charge is 0.495 e. The Morgan fingerprint density at radius 2 is 1.89 bits per heavy atom. The molecule has 0 saturated carbocycles. The molecule has 0 aliphatic rings. The van der Waals surface area contributed by atoms with Gasteiger partial charge in [0.15, 0.2) is 0 Å². The van der Waals surface area contributed by atoms with Gasteiger partial charge in [-0.25, -0.2) is 13.1 Å². The number of sulfonamides is 1. The molecule has 0 aromatic heterocycles. The van der Waals surface area contributed by atoms with E-state index in [1.807, 2.05) is 0 Å². The van der Waals surface area contributed by atoms with Crippen LogP contribution in [0.4, 0.5) is 11.4 Å². The molecule has 1 amide bonds. The van der Waals surface area contributed by atoms with Crippen LogP contribution in [-0.4, -0.2) is 32.4 Å². The molecule has 0 unspecified atom stereocenters. The third-order valence-corrected chi connectivity index (χ3v) is 5.54. The molecule has 2 aromatic carbocycles. The average Bonchev–Trinajstić information content (AvgIpc) is 2.61. The number of nitro groups is 1. The molecule has 0 aliphatic heterocycles. The predicted molar refractivity (Wildman–Crippen MR) is 104 cm³/mol. The fraction of sp³-hybridized carbons (Fsp3) is 0.278. The van der Waals surface area contributed by atoms with E-state index in [0.717, 1.165) is 0 Å². The highest BCUT2D eigenvalue weighted by molar-refractivity contribution is 7.89. The lowest BCUT2D eigenvalue weighted by Crippen LogP contribution is -2.30. The van der Waals surface area contributed by atoms with E-state index >= 15 is 0 Å². The standard InChI is InChI=1S/C18H21N3O6S/c1-11(2)20-28(25,26)17-10-13(8-9-16(17)27-4)18(22)19-14-6-5-7-15(12(14)3)21(23)24/h5-11,20H,1-4H3,(H,19,22). The van der Waals surface area contributed by atoms with E-state index in [2.05, 4.69) is 10.0 Å². The summed E-state index contributed by atoms with van der Waals surface area (Å²) in [5, 5.41) is 13.6. The first-order valence-corrected chi connectivity index (χ1v) is 9.81. The highest BCUT2D eigenvalue weighted by atomic mass is 32.2. The minimum atomic E-state index is -3.90. The smallest absolute Gasteiger partial charge is 0.274 e. The molecular formula is C18H21N3O6S. The Labute approximate surface area is 162 Å². The van der Waals surface area contributed by atoms with Gasteiger partial charge >= 0.3 is 0 Å². The molecule has 0 radical (unpaired) electrons. The van der Waals surface area contributed by atoms with Crippen molar-refractivity contribution in [1.29, 1.82) is 0 Å². The molecule has 150 valence electrons. The molecule has 0 bridgehead atoms. The van der Waals surface area contributed by atoms with Crippen LogP contribution in [0.1, 0.15) is 29.8 Å². The second-order valence-electron chi connectivity index (χ2n) is 6.30. The lowest BCUT2D eigenvalue weighted by molar-refractivity contribution is -0.385. The maximum atomic E-state index is 12.6. The van der Waals surface area contributed by atoms with Gasteiger partial charge in [0, 0.05) is 17.7 Å². The number of nitrogens with one attached hydrogen (secondary N) is 2. The highest BCUT2D eigenvalue weighted by Gasteiger charge is 2.23. The third kappa shape index (κ3) is 4.65. The van der Waals surface area contributed by atoms with Crippen molar-refractivity contribution in [1.82, 2.24) is 4.72 Å². The summed E-state index contributed by atoms with van der Waals surface area (Å²) in [6.45, 7) is 4.86. The fourth-order valence-electron chi connectivity index (χ4n) is 2.55. The van der Waals surface area contributed by atoms with Gasteiger partial charge in [0.05, 0.1) is 23.3 Å². The Kier molecular flexibility index (Phi) is 6.37. The number of rotatable bonds is 7. The lowest BCUT2D eigenvalue weighted by Gasteiger charge is -2.14. The van der Waals surface area contributed by atoms with Crippen molar-refractivity contribution in [3.05, 3.63) is 57.6 Å². The predicted octanol–water partition coefficient (Wildman–Crippen LogP) is 2.85. The number of carbonyl (C=O) groups excluding carboxylic acids is 1. The molecule has 0 spiro atoms. The zero-order chi connectivity index (χ0) is 21.1. The van der Waals surface area contributed by atoms with Gasteiger partial charge in [-0.15, -0.1) is 0 Å². The van der Waals surface area contributed by atoms with E-state index < -0.39 is 20.9 Å². The Morgan fingerprint density at radius 3 is 2.46 bits per heavy atom. The minimum absolute atomic E-state index is 0.0656. The van der Waals surface area contributed by atoms with E-state index in [-0.39, 0.29) is 33.6 Å². The van der Waals surface area contributed by atoms with Gasteiger partial charge in [-0.2, -0.15) is 0 Å². The summed E-state index contributed by atoms with van der Waals surface area (Å²) in [5.41, 5.74) is 0.496. The lowest BCUT2D eigenvalue weighted by atomic mass is 10.1. The monoisotopic (exact) mass is 407 g/mol. The molecule has 0 fully saturated rings. The van der Waals surface area contributed by atoms with Crippen molar-refractivity contribution in [2.24, 2.45) is 0 Å². The summed E-state index contributed by atoms with van der Waals surface area (Å²) in [6, 6.07) is 7.96. The topological polar surface area (TPSA) is 128 Å². The first kappa shape index (κ1) is 21.3. The number of amides is 1. The number of nitrogens with zero attached hydrogens (tertiary/aromatic N) is 1. The van der Waals surface area contributed by atoms with Gasteiger partial charge in [-0.05, 0) is 45.0 Å². The number of carbonyl (C=O) groups is 1. The Hall–Kier alpha value is -2.98. The fourth-order valence-corrected chi connectivity index (χ4v) is 4.00. The number of benzene rings is 2. The SMILES string of the molecule is COc1ccc(C(=O)Nc2cccc([N+](=O)[O-])c2C)cc1S(=O)(=O)NC(C)C. The van der Waals surface area contributed by atoms with Gasteiger partial charge in [0.2, 0.25) is 10.0 Å². The van der Waals surface area contributed by atoms with Gasteiger partial charge in [0.1, 0.15) is 10.6 Å². The zero-order valence-electron chi connectivity index (χ0n) is 15.8. The maximum absolute atomic E-state index is 12.6. The summed E-state index contributed by atoms with van der Waals surface area (Å²) < 4.78 is 32.6. The molecule has 2 N–H and O–H groups in total. The van der Waals surface area contributed by atoms with Crippen LogP contribution >= 0.6 is 0 Å². The molecular weight excluding hydrogens is 386 g/mol. The first-order valence-electron chi connectivity index (χ1n) is 8.32. The number of nitro benzene ring substituents is 1. The normalized spacial score (nSPS) is 11.3. The summed E-state index contributed by atoms with van der Waals surface area (Å²) >= 11 is 0. The molecule has 0 heterocycles. The molecule has 2 aromatic rings. The van der Waals surface area contributed by atoms with Crippen molar-refractivity contribution < 1.29 is 22.9 Å². The van der Waals surface area contributed by atoms with Crippen LogP contribution in [0.25, 0.3) is 0 Å². The van der Waals surface area contributed by atoms with Crippen LogP contribution in [-0.2, 0) is 10.0 Å². The molecule has 10 heteroatoms. The molecule has 0 aliphatic carbocycles. The quantitative estimate of drug-likeness (QED) is 0.537. The Bertz CT molecular complexity index is 1020. The van der Waals surface area contributed by atoms with E-state index in [0.29, 0.717) is 5.56 Å². The Morgan fingerprint density at radius 1 is 1.21 bits per heavy atom. The Balaban J connectivity index is 2.41. The summed E-state index contributed by atoms with van der Waals surface area (Å²) in [7, 11) is -2.57. The van der Waals surface area contributed by atoms with Crippen molar-refractivity contribution in [2.75, 3.05) is 12.4 Å². The summed E-state index contributed by atoms with van der Waals surface area (Å²) in [4.78, 5) is 22.9. The molecule has 9 nitrogen and oxygen atoms in total. The maximum Gasteiger partial charge on any atom is 0.274 e. The molecule has 28 heavy (non-hydrogen) atoms. The molecule has 2 rings (SSSR count). The average molecular weight is 407 g/mol. The number of methoxy groups -OCH3 is 1. The van der Waals surface area contributed by atoms with Crippen LogP contribution < -0.4 is 14.8 Å². The number of hydrogen-bond donors (Lipinski definition) is 2. The summed E-state index contributed by atoms with van der Waals surface area (Å²) in [5.74, 6) is -0.511.